The second-order valence-electron chi connectivity index (χ2n) is 4.40. The molecule has 106 valence electrons. The van der Waals surface area contributed by atoms with Gasteiger partial charge in [-0.15, -0.1) is 0 Å². The maximum Gasteiger partial charge on any atom is 0.196 e. The first-order valence-electron chi connectivity index (χ1n) is 6.34. The molecule has 2 aromatic rings. The van der Waals surface area contributed by atoms with Crippen LogP contribution in [0.4, 0.5) is 0 Å². The van der Waals surface area contributed by atoms with Crippen LogP contribution in [0.3, 0.4) is 0 Å². The molecule has 3 nitrogen and oxygen atoms in total. The molecular formula is C17H20O3. The van der Waals surface area contributed by atoms with Gasteiger partial charge in [-0.1, -0.05) is 54.6 Å². The molecular weight excluding hydrogens is 252 g/mol. The highest BCUT2D eigenvalue weighted by atomic mass is 16.4. The van der Waals surface area contributed by atoms with Gasteiger partial charge in [0.2, 0.25) is 0 Å². The van der Waals surface area contributed by atoms with Gasteiger partial charge >= 0.3 is 0 Å². The molecule has 1 unspecified atom stereocenters. The molecule has 1 N–H and O–H groups in total. The van der Waals surface area contributed by atoms with Crippen molar-refractivity contribution in [2.24, 2.45) is 0 Å². The van der Waals surface area contributed by atoms with Crippen LogP contribution in [0, 0.1) is 6.92 Å². The number of ketones is 1. The molecule has 20 heavy (non-hydrogen) atoms. The molecule has 0 aromatic heterocycles. The van der Waals surface area contributed by atoms with Crippen LogP contribution < -0.4 is 0 Å². The van der Waals surface area contributed by atoms with Crippen molar-refractivity contribution in [3.63, 3.8) is 0 Å². The molecule has 0 aliphatic carbocycles. The largest absolute Gasteiger partial charge is 0.388 e. The molecule has 0 saturated heterocycles. The minimum absolute atomic E-state index is 0.255. The summed E-state index contributed by atoms with van der Waals surface area (Å²) in [4.78, 5) is 12.1. The Morgan fingerprint density at radius 2 is 1.50 bits per heavy atom. The molecule has 0 aliphatic rings. The third kappa shape index (κ3) is 4.30. The molecule has 0 aliphatic heterocycles. The van der Waals surface area contributed by atoms with E-state index >= 15 is 0 Å². The fourth-order valence-electron chi connectivity index (χ4n) is 1.78. The zero-order valence-electron chi connectivity index (χ0n) is 12.0. The molecule has 0 radical (unpaired) electrons. The number of hydrogen-bond acceptors (Lipinski definition) is 3. The first-order valence-corrected chi connectivity index (χ1v) is 6.34. The van der Waals surface area contributed by atoms with E-state index in [1.807, 2.05) is 37.3 Å². The van der Waals surface area contributed by atoms with Crippen molar-refractivity contribution in [3.05, 3.63) is 71.3 Å². The summed E-state index contributed by atoms with van der Waals surface area (Å²) in [6.45, 7) is 1.87. The molecule has 1 atom stereocenters. The van der Waals surface area contributed by atoms with Crippen molar-refractivity contribution in [2.75, 3.05) is 14.2 Å². The lowest BCUT2D eigenvalue weighted by atomic mass is 9.97. The number of ether oxygens (including phenoxy) is 1. The van der Waals surface area contributed by atoms with E-state index in [-0.39, 0.29) is 5.78 Å². The maximum absolute atomic E-state index is 12.1. The van der Waals surface area contributed by atoms with Gasteiger partial charge in [0, 0.05) is 19.8 Å². The lowest BCUT2D eigenvalue weighted by Crippen LogP contribution is -2.13. The molecule has 3 heteroatoms. The average molecular weight is 272 g/mol. The van der Waals surface area contributed by atoms with E-state index in [9.17, 15) is 9.90 Å². The van der Waals surface area contributed by atoms with Crippen molar-refractivity contribution in [1.29, 1.82) is 0 Å². The van der Waals surface area contributed by atoms with Crippen LogP contribution in [0.2, 0.25) is 0 Å². The second-order valence-corrected chi connectivity index (χ2v) is 4.40. The van der Waals surface area contributed by atoms with Crippen molar-refractivity contribution in [3.8, 4) is 0 Å². The number of methoxy groups -OCH3 is 1. The normalized spacial score (nSPS) is 11.2. The van der Waals surface area contributed by atoms with Gasteiger partial charge in [-0.2, -0.15) is 0 Å². The van der Waals surface area contributed by atoms with Crippen LogP contribution in [0.25, 0.3) is 0 Å². The van der Waals surface area contributed by atoms with E-state index in [1.165, 1.54) is 0 Å². The van der Waals surface area contributed by atoms with Gasteiger partial charge in [0.25, 0.3) is 0 Å². The fraction of sp³-hybridized carbons (Fsp3) is 0.235. The Morgan fingerprint density at radius 1 is 1.00 bits per heavy atom. The summed E-state index contributed by atoms with van der Waals surface area (Å²) in [5.41, 5.74) is 2.08. The Bertz CT molecular complexity index is 535. The number of carbonyl (C=O) groups excluding carboxylic acids is 1. The standard InChI is InChI=1S/C15H14O2.C2H6O/c1-11-7-5-6-10-13(11)15(17)14(16)12-8-3-2-4-9-12;1-3-2/h2-10,14,16H,1H3;1-2H3. The predicted octanol–water partition coefficient (Wildman–Crippen LogP) is 3.17. The number of carbonyl (C=O) groups is 1. The van der Waals surface area contributed by atoms with Crippen molar-refractivity contribution in [1.82, 2.24) is 0 Å². The highest BCUT2D eigenvalue weighted by molar-refractivity contribution is 6.01. The molecule has 0 heterocycles. The minimum Gasteiger partial charge on any atom is -0.388 e. The molecule has 0 bridgehead atoms. The third-order valence-corrected chi connectivity index (χ3v) is 2.77. The number of hydrogen-bond donors (Lipinski definition) is 1. The van der Waals surface area contributed by atoms with Crippen molar-refractivity contribution < 1.29 is 14.6 Å². The van der Waals surface area contributed by atoms with Crippen LogP contribution in [-0.4, -0.2) is 25.1 Å². The lowest BCUT2D eigenvalue weighted by Gasteiger charge is -2.11. The Kier molecular flexibility index (Phi) is 6.64. The van der Waals surface area contributed by atoms with E-state index in [0.717, 1.165) is 5.56 Å². The number of aliphatic hydroxyl groups excluding tert-OH is 1. The second kappa shape index (κ2) is 8.25. The number of rotatable bonds is 3. The van der Waals surface area contributed by atoms with Gasteiger partial charge < -0.3 is 9.84 Å². The van der Waals surface area contributed by atoms with Crippen LogP contribution in [0.1, 0.15) is 27.6 Å². The van der Waals surface area contributed by atoms with E-state index in [1.54, 1.807) is 38.5 Å². The van der Waals surface area contributed by atoms with Gasteiger partial charge in [-0.05, 0) is 18.1 Å². The summed E-state index contributed by atoms with van der Waals surface area (Å²) >= 11 is 0. The molecule has 0 spiro atoms. The van der Waals surface area contributed by atoms with Gasteiger partial charge in [0.05, 0.1) is 0 Å². The molecule has 0 fully saturated rings. The Hall–Kier alpha value is -1.97. The summed E-state index contributed by atoms with van der Waals surface area (Å²) < 4.78 is 4.25. The molecule has 0 saturated carbocycles. The Labute approximate surface area is 119 Å². The predicted molar refractivity (Wildman–Crippen MR) is 79.8 cm³/mol. The third-order valence-electron chi connectivity index (χ3n) is 2.77. The molecule has 0 amide bonds. The first kappa shape index (κ1) is 16.1. The number of aliphatic hydroxyl groups is 1. The highest BCUT2D eigenvalue weighted by Crippen LogP contribution is 2.19. The van der Waals surface area contributed by atoms with Gasteiger partial charge in [0.15, 0.2) is 5.78 Å². The van der Waals surface area contributed by atoms with E-state index < -0.39 is 6.10 Å². The number of Topliss-reactive ketones (excluding diaryl/α,β-unsaturated/α-hetero) is 1. The Morgan fingerprint density at radius 3 is 2.05 bits per heavy atom. The van der Waals surface area contributed by atoms with Crippen LogP contribution in [0.15, 0.2) is 54.6 Å². The van der Waals surface area contributed by atoms with Gasteiger partial charge in [-0.3, -0.25) is 4.79 Å². The van der Waals surface area contributed by atoms with E-state index in [4.69, 9.17) is 0 Å². The van der Waals surface area contributed by atoms with Crippen LogP contribution in [-0.2, 0) is 4.74 Å². The maximum atomic E-state index is 12.1. The van der Waals surface area contributed by atoms with Crippen LogP contribution >= 0.6 is 0 Å². The van der Waals surface area contributed by atoms with E-state index in [0.29, 0.717) is 11.1 Å². The van der Waals surface area contributed by atoms with Gasteiger partial charge in [0.1, 0.15) is 6.10 Å². The number of benzene rings is 2. The SMILES string of the molecule is COC.Cc1ccccc1C(=O)C(O)c1ccccc1. The monoisotopic (exact) mass is 272 g/mol. The summed E-state index contributed by atoms with van der Waals surface area (Å²) in [5.74, 6) is -0.255. The number of aryl methyl sites for hydroxylation is 1. The average Bonchev–Trinajstić information content (AvgIpc) is 2.48. The minimum atomic E-state index is -1.09. The zero-order chi connectivity index (χ0) is 15.0. The smallest absolute Gasteiger partial charge is 0.196 e. The topological polar surface area (TPSA) is 46.5 Å². The van der Waals surface area contributed by atoms with Crippen molar-refractivity contribution in [2.45, 2.75) is 13.0 Å². The van der Waals surface area contributed by atoms with Gasteiger partial charge in [-0.25, -0.2) is 0 Å². The summed E-state index contributed by atoms with van der Waals surface area (Å²) in [5, 5.41) is 10.0. The summed E-state index contributed by atoms with van der Waals surface area (Å²) in [7, 11) is 3.25. The van der Waals surface area contributed by atoms with E-state index in [2.05, 4.69) is 4.74 Å². The Balaban J connectivity index is 0.000000612. The summed E-state index contributed by atoms with van der Waals surface area (Å²) in [6.07, 6.45) is -1.09. The zero-order valence-corrected chi connectivity index (χ0v) is 12.0. The first-order chi connectivity index (χ1) is 9.61. The lowest BCUT2D eigenvalue weighted by molar-refractivity contribution is 0.0747. The fourth-order valence-corrected chi connectivity index (χ4v) is 1.78. The molecule has 2 rings (SSSR count). The quantitative estimate of drug-likeness (QED) is 0.873. The van der Waals surface area contributed by atoms with Crippen LogP contribution in [0.5, 0.6) is 0 Å². The summed E-state index contributed by atoms with van der Waals surface area (Å²) in [6, 6.07) is 16.3. The molecule has 2 aromatic carbocycles. The van der Waals surface area contributed by atoms with Crippen molar-refractivity contribution >= 4 is 5.78 Å². The highest BCUT2D eigenvalue weighted by Gasteiger charge is 2.19.